The van der Waals surface area contributed by atoms with Crippen molar-refractivity contribution in [1.29, 1.82) is 0 Å². The quantitative estimate of drug-likeness (QED) is 0.746. The van der Waals surface area contributed by atoms with E-state index in [4.69, 9.17) is 14.6 Å². The number of hydrogen-bond donors (Lipinski definition) is 2. The number of alkyl carbamates (subject to hydrolysis) is 1. The number of carbonyl (C=O) groups is 3. The van der Waals surface area contributed by atoms with E-state index in [1.807, 2.05) is 36.4 Å². The molecule has 2 N–H and O–H groups in total. The van der Waals surface area contributed by atoms with E-state index in [0.717, 1.165) is 22.3 Å². The SMILES string of the molecule is O=C(NC1(C(=O)N2CCOC(C(=O)O)C2)CC1)OCC1c2ccccc2-c2ccccc21. The minimum absolute atomic E-state index is 0.0255. The molecular weight excluding hydrogens is 412 g/mol. The van der Waals surface area contributed by atoms with Crippen LogP contribution in [0.2, 0.25) is 0 Å². The third kappa shape index (κ3) is 3.60. The Morgan fingerprint density at radius 2 is 1.69 bits per heavy atom. The van der Waals surface area contributed by atoms with Gasteiger partial charge in [0, 0.05) is 12.5 Å². The highest BCUT2D eigenvalue weighted by Gasteiger charge is 2.54. The van der Waals surface area contributed by atoms with Crippen LogP contribution in [0.5, 0.6) is 0 Å². The first-order chi connectivity index (χ1) is 15.5. The molecular formula is C24H24N2O6. The summed E-state index contributed by atoms with van der Waals surface area (Å²) in [4.78, 5) is 38.3. The Morgan fingerprint density at radius 1 is 1.06 bits per heavy atom. The van der Waals surface area contributed by atoms with E-state index < -0.39 is 23.7 Å². The monoisotopic (exact) mass is 436 g/mol. The molecule has 1 aliphatic heterocycles. The first-order valence-electron chi connectivity index (χ1n) is 10.8. The minimum atomic E-state index is -1.10. The zero-order valence-corrected chi connectivity index (χ0v) is 17.5. The number of rotatable bonds is 5. The van der Waals surface area contributed by atoms with Gasteiger partial charge in [0.2, 0.25) is 5.91 Å². The number of aliphatic carboxylic acids is 1. The number of nitrogens with one attached hydrogen (secondary N) is 1. The van der Waals surface area contributed by atoms with Crippen LogP contribution in [0, 0.1) is 0 Å². The van der Waals surface area contributed by atoms with Gasteiger partial charge < -0.3 is 24.8 Å². The molecule has 1 heterocycles. The van der Waals surface area contributed by atoms with Gasteiger partial charge in [-0.15, -0.1) is 0 Å². The lowest BCUT2D eigenvalue weighted by Crippen LogP contribution is -2.56. The fourth-order valence-corrected chi connectivity index (χ4v) is 4.63. The zero-order valence-electron chi connectivity index (χ0n) is 17.5. The summed E-state index contributed by atoms with van der Waals surface area (Å²) in [6.45, 7) is 0.603. The fourth-order valence-electron chi connectivity index (χ4n) is 4.63. The molecule has 2 fully saturated rings. The molecule has 166 valence electrons. The molecule has 5 rings (SSSR count). The predicted octanol–water partition coefficient (Wildman–Crippen LogP) is 2.37. The van der Waals surface area contributed by atoms with Crippen LogP contribution in [0.1, 0.15) is 29.9 Å². The lowest BCUT2D eigenvalue weighted by molar-refractivity contribution is -0.160. The fraction of sp³-hybridized carbons (Fsp3) is 0.375. The molecule has 0 bridgehead atoms. The first-order valence-corrected chi connectivity index (χ1v) is 10.8. The Labute approximate surface area is 185 Å². The largest absolute Gasteiger partial charge is 0.479 e. The van der Waals surface area contributed by atoms with E-state index in [2.05, 4.69) is 17.4 Å². The van der Waals surface area contributed by atoms with Gasteiger partial charge in [-0.05, 0) is 35.1 Å². The van der Waals surface area contributed by atoms with Crippen molar-refractivity contribution in [3.05, 3.63) is 59.7 Å². The van der Waals surface area contributed by atoms with Crippen molar-refractivity contribution in [1.82, 2.24) is 10.2 Å². The summed E-state index contributed by atoms with van der Waals surface area (Å²) in [5, 5.41) is 11.9. The van der Waals surface area contributed by atoms with Crippen LogP contribution in [0.15, 0.2) is 48.5 Å². The number of fused-ring (bicyclic) bond motifs is 3. The minimum Gasteiger partial charge on any atom is -0.479 e. The van der Waals surface area contributed by atoms with Gasteiger partial charge in [-0.3, -0.25) is 4.79 Å². The molecule has 32 heavy (non-hydrogen) atoms. The van der Waals surface area contributed by atoms with Gasteiger partial charge in [-0.1, -0.05) is 48.5 Å². The maximum atomic E-state index is 13.0. The molecule has 1 atom stereocenters. The molecule has 2 aliphatic carbocycles. The van der Waals surface area contributed by atoms with Crippen molar-refractivity contribution in [2.75, 3.05) is 26.3 Å². The Hall–Kier alpha value is -3.39. The molecule has 0 spiro atoms. The lowest BCUT2D eigenvalue weighted by atomic mass is 9.98. The van der Waals surface area contributed by atoms with Gasteiger partial charge >= 0.3 is 12.1 Å². The van der Waals surface area contributed by atoms with E-state index in [-0.39, 0.29) is 31.6 Å². The molecule has 8 heteroatoms. The van der Waals surface area contributed by atoms with Crippen molar-refractivity contribution in [2.45, 2.75) is 30.4 Å². The summed E-state index contributed by atoms with van der Waals surface area (Å²) in [6, 6.07) is 16.2. The third-order valence-corrected chi connectivity index (χ3v) is 6.47. The second kappa shape index (κ2) is 7.94. The number of carboxylic acids is 1. The number of benzene rings is 2. The normalized spacial score (nSPS) is 20.8. The summed E-state index contributed by atoms with van der Waals surface area (Å²) in [7, 11) is 0. The molecule has 2 aromatic carbocycles. The molecule has 8 nitrogen and oxygen atoms in total. The van der Waals surface area contributed by atoms with Crippen LogP contribution >= 0.6 is 0 Å². The molecule has 1 saturated carbocycles. The Balaban J connectivity index is 1.23. The second-order valence-electron chi connectivity index (χ2n) is 8.48. The molecule has 3 aliphatic rings. The summed E-state index contributed by atoms with van der Waals surface area (Å²) in [5.41, 5.74) is 3.51. The standard InChI is InChI=1S/C24H24N2O6/c27-21(28)20-13-26(11-12-31-20)22(29)24(9-10-24)25-23(30)32-14-19-17-7-3-1-5-15(17)16-6-2-4-8-18(16)19/h1-8,19-20H,9-14H2,(H,25,30)(H,27,28). The molecule has 1 saturated heterocycles. The van der Waals surface area contributed by atoms with Crippen molar-refractivity contribution in [3.63, 3.8) is 0 Å². The Kier molecular flexibility index (Phi) is 5.09. The first kappa shape index (κ1) is 20.5. The highest BCUT2D eigenvalue weighted by molar-refractivity contribution is 5.93. The topological polar surface area (TPSA) is 105 Å². The van der Waals surface area contributed by atoms with Gasteiger partial charge in [-0.2, -0.15) is 0 Å². The van der Waals surface area contributed by atoms with Crippen LogP contribution in [0.25, 0.3) is 11.1 Å². The Morgan fingerprint density at radius 3 is 2.28 bits per heavy atom. The second-order valence-corrected chi connectivity index (χ2v) is 8.48. The number of nitrogens with zero attached hydrogens (tertiary/aromatic N) is 1. The summed E-state index contributed by atoms with van der Waals surface area (Å²) < 4.78 is 10.8. The molecule has 0 aromatic heterocycles. The third-order valence-electron chi connectivity index (χ3n) is 6.47. The Bertz CT molecular complexity index is 1030. The van der Waals surface area contributed by atoms with Gasteiger partial charge in [-0.25, -0.2) is 9.59 Å². The van der Waals surface area contributed by atoms with Crippen molar-refractivity contribution in [3.8, 4) is 11.1 Å². The predicted molar refractivity (Wildman–Crippen MR) is 114 cm³/mol. The van der Waals surface area contributed by atoms with Crippen LogP contribution in [-0.4, -0.2) is 65.9 Å². The number of hydrogen-bond acceptors (Lipinski definition) is 5. The number of carboxylic acid groups (broad SMARTS) is 1. The highest BCUT2D eigenvalue weighted by atomic mass is 16.5. The number of carbonyl (C=O) groups excluding carboxylic acids is 2. The van der Waals surface area contributed by atoms with Gasteiger partial charge in [0.15, 0.2) is 6.10 Å². The number of amides is 2. The number of ether oxygens (including phenoxy) is 2. The van der Waals surface area contributed by atoms with E-state index in [1.54, 1.807) is 0 Å². The van der Waals surface area contributed by atoms with E-state index in [0.29, 0.717) is 19.4 Å². The zero-order chi connectivity index (χ0) is 22.3. The van der Waals surface area contributed by atoms with Gasteiger partial charge in [0.1, 0.15) is 12.1 Å². The maximum absolute atomic E-state index is 13.0. The van der Waals surface area contributed by atoms with Gasteiger partial charge in [0.25, 0.3) is 0 Å². The van der Waals surface area contributed by atoms with E-state index in [9.17, 15) is 14.4 Å². The number of morpholine rings is 1. The van der Waals surface area contributed by atoms with Crippen LogP contribution in [0.3, 0.4) is 0 Å². The summed E-state index contributed by atoms with van der Waals surface area (Å²) in [5.74, 6) is -1.44. The summed E-state index contributed by atoms with van der Waals surface area (Å²) in [6.07, 6.45) is -0.672. The van der Waals surface area contributed by atoms with Crippen LogP contribution in [-0.2, 0) is 19.1 Å². The highest BCUT2D eigenvalue weighted by Crippen LogP contribution is 2.44. The summed E-state index contributed by atoms with van der Waals surface area (Å²) >= 11 is 0. The molecule has 0 radical (unpaired) electrons. The van der Waals surface area contributed by atoms with Crippen molar-refractivity contribution < 1.29 is 29.0 Å². The van der Waals surface area contributed by atoms with Crippen LogP contribution < -0.4 is 5.32 Å². The van der Waals surface area contributed by atoms with Crippen molar-refractivity contribution in [2.24, 2.45) is 0 Å². The lowest BCUT2D eigenvalue weighted by Gasteiger charge is -2.33. The molecule has 2 amide bonds. The van der Waals surface area contributed by atoms with E-state index >= 15 is 0 Å². The van der Waals surface area contributed by atoms with Gasteiger partial charge in [0.05, 0.1) is 13.2 Å². The smallest absolute Gasteiger partial charge is 0.408 e. The average molecular weight is 436 g/mol. The van der Waals surface area contributed by atoms with Crippen LogP contribution in [0.4, 0.5) is 4.79 Å². The maximum Gasteiger partial charge on any atom is 0.408 e. The van der Waals surface area contributed by atoms with E-state index in [1.165, 1.54) is 4.90 Å². The molecule has 2 aromatic rings. The molecule has 1 unspecified atom stereocenters. The van der Waals surface area contributed by atoms with Crippen molar-refractivity contribution >= 4 is 18.0 Å². The average Bonchev–Trinajstić information content (AvgIpc) is 3.52.